The molecule has 0 saturated heterocycles. The first-order valence-corrected chi connectivity index (χ1v) is 7.46. The van der Waals surface area contributed by atoms with E-state index in [9.17, 15) is 4.79 Å². The van der Waals surface area contributed by atoms with Crippen LogP contribution in [0.1, 0.15) is 37.4 Å². The van der Waals surface area contributed by atoms with Crippen molar-refractivity contribution in [3.8, 4) is 17.2 Å². The van der Waals surface area contributed by atoms with Gasteiger partial charge in [0.1, 0.15) is 5.75 Å². The number of ether oxygens (including phenoxy) is 1. The van der Waals surface area contributed by atoms with Crippen molar-refractivity contribution in [3.63, 3.8) is 0 Å². The summed E-state index contributed by atoms with van der Waals surface area (Å²) in [5.74, 6) is 0.822. The van der Waals surface area contributed by atoms with Crippen molar-refractivity contribution in [3.05, 3.63) is 30.2 Å². The molecule has 0 atom stereocenters. The fraction of sp³-hybridized carbons (Fsp3) is 0.438. The Bertz CT molecular complexity index is 619. The Morgan fingerprint density at radius 2 is 1.95 bits per heavy atom. The quantitative estimate of drug-likeness (QED) is 0.786. The summed E-state index contributed by atoms with van der Waals surface area (Å²) >= 11 is 0. The van der Waals surface area contributed by atoms with E-state index in [1.807, 2.05) is 32.0 Å². The molecule has 0 spiro atoms. The molecule has 118 valence electrons. The van der Waals surface area contributed by atoms with E-state index >= 15 is 0 Å². The van der Waals surface area contributed by atoms with E-state index in [2.05, 4.69) is 10.2 Å². The maximum atomic E-state index is 12.4. The van der Waals surface area contributed by atoms with Gasteiger partial charge >= 0.3 is 11.8 Å². The van der Waals surface area contributed by atoms with Crippen LogP contribution >= 0.6 is 0 Å². The molecule has 2 rings (SSSR count). The minimum absolute atomic E-state index is 0.0275. The average Bonchev–Trinajstić information content (AvgIpc) is 3.04. The number of carbonyl (C=O) groups is 1. The van der Waals surface area contributed by atoms with Crippen molar-refractivity contribution in [2.24, 2.45) is 0 Å². The van der Waals surface area contributed by atoms with Crippen LogP contribution in [0.15, 0.2) is 28.7 Å². The molecule has 0 aliphatic rings. The van der Waals surface area contributed by atoms with Crippen LogP contribution in [-0.2, 0) is 0 Å². The van der Waals surface area contributed by atoms with E-state index in [1.165, 1.54) is 0 Å². The van der Waals surface area contributed by atoms with Gasteiger partial charge in [-0.25, -0.2) is 0 Å². The third-order valence-corrected chi connectivity index (χ3v) is 3.20. The standard InChI is InChI=1S/C16H21N3O3/c1-4-9-19(10-5-2)16(20)15-18-17-14(22-15)12-7-6-8-13(11-12)21-3/h6-8,11H,4-5,9-10H2,1-3H3. The molecule has 1 amide bonds. The van der Waals surface area contributed by atoms with Gasteiger partial charge in [0.25, 0.3) is 0 Å². The van der Waals surface area contributed by atoms with Crippen molar-refractivity contribution in [1.29, 1.82) is 0 Å². The van der Waals surface area contributed by atoms with Crippen LogP contribution in [0.2, 0.25) is 0 Å². The van der Waals surface area contributed by atoms with E-state index in [0.29, 0.717) is 24.7 Å². The Morgan fingerprint density at radius 1 is 1.23 bits per heavy atom. The smallest absolute Gasteiger partial charge is 0.311 e. The summed E-state index contributed by atoms with van der Waals surface area (Å²) in [7, 11) is 1.59. The highest BCUT2D eigenvalue weighted by molar-refractivity contribution is 5.89. The lowest BCUT2D eigenvalue weighted by Gasteiger charge is -2.18. The molecule has 6 heteroatoms. The predicted octanol–water partition coefficient (Wildman–Crippen LogP) is 3.01. The van der Waals surface area contributed by atoms with Gasteiger partial charge in [0.15, 0.2) is 0 Å². The Hall–Kier alpha value is -2.37. The van der Waals surface area contributed by atoms with Gasteiger partial charge < -0.3 is 14.1 Å². The molecule has 0 N–H and O–H groups in total. The van der Waals surface area contributed by atoms with Crippen LogP contribution in [0.4, 0.5) is 0 Å². The van der Waals surface area contributed by atoms with Gasteiger partial charge in [0, 0.05) is 18.7 Å². The van der Waals surface area contributed by atoms with Crippen molar-refractivity contribution >= 4 is 5.91 Å². The van der Waals surface area contributed by atoms with E-state index < -0.39 is 0 Å². The van der Waals surface area contributed by atoms with Gasteiger partial charge in [-0.05, 0) is 31.0 Å². The number of benzene rings is 1. The minimum atomic E-state index is -0.217. The van der Waals surface area contributed by atoms with Gasteiger partial charge in [0.05, 0.1) is 7.11 Å². The Balaban J connectivity index is 2.21. The molecule has 0 unspecified atom stereocenters. The summed E-state index contributed by atoms with van der Waals surface area (Å²) in [6, 6.07) is 7.29. The summed E-state index contributed by atoms with van der Waals surface area (Å²) in [5, 5.41) is 7.85. The number of carbonyl (C=O) groups excluding carboxylic acids is 1. The van der Waals surface area contributed by atoms with Crippen molar-refractivity contribution < 1.29 is 13.9 Å². The lowest BCUT2D eigenvalue weighted by atomic mass is 10.2. The molecule has 1 heterocycles. The first-order chi connectivity index (χ1) is 10.7. The number of methoxy groups -OCH3 is 1. The average molecular weight is 303 g/mol. The van der Waals surface area contributed by atoms with E-state index in [-0.39, 0.29) is 11.8 Å². The third kappa shape index (κ3) is 3.63. The molecular formula is C16H21N3O3. The fourth-order valence-corrected chi connectivity index (χ4v) is 2.17. The summed E-state index contributed by atoms with van der Waals surface area (Å²) in [6.07, 6.45) is 1.78. The lowest BCUT2D eigenvalue weighted by molar-refractivity contribution is 0.0716. The molecule has 1 aromatic carbocycles. The summed E-state index contributed by atoms with van der Waals surface area (Å²) < 4.78 is 10.7. The molecule has 0 radical (unpaired) electrons. The Morgan fingerprint density at radius 3 is 2.59 bits per heavy atom. The third-order valence-electron chi connectivity index (χ3n) is 3.20. The molecule has 0 bridgehead atoms. The van der Waals surface area contributed by atoms with Crippen LogP contribution in [-0.4, -0.2) is 41.2 Å². The first kappa shape index (κ1) is 16.0. The Kier molecular flexibility index (Phi) is 5.52. The highest BCUT2D eigenvalue weighted by atomic mass is 16.5. The molecule has 0 aliphatic heterocycles. The molecular weight excluding hydrogens is 282 g/mol. The summed E-state index contributed by atoms with van der Waals surface area (Å²) in [5.41, 5.74) is 0.725. The number of hydrogen-bond acceptors (Lipinski definition) is 5. The second-order valence-corrected chi connectivity index (χ2v) is 4.94. The number of nitrogens with zero attached hydrogens (tertiary/aromatic N) is 3. The molecule has 6 nitrogen and oxygen atoms in total. The van der Waals surface area contributed by atoms with Gasteiger partial charge in [0.2, 0.25) is 5.89 Å². The van der Waals surface area contributed by atoms with Crippen molar-refractivity contribution in [1.82, 2.24) is 15.1 Å². The van der Waals surface area contributed by atoms with Crippen molar-refractivity contribution in [2.75, 3.05) is 20.2 Å². The number of aromatic nitrogens is 2. The van der Waals surface area contributed by atoms with Gasteiger partial charge in [-0.15, -0.1) is 10.2 Å². The monoisotopic (exact) mass is 303 g/mol. The van der Waals surface area contributed by atoms with Crippen molar-refractivity contribution in [2.45, 2.75) is 26.7 Å². The zero-order valence-electron chi connectivity index (χ0n) is 13.2. The minimum Gasteiger partial charge on any atom is -0.497 e. The number of amides is 1. The zero-order chi connectivity index (χ0) is 15.9. The molecule has 0 fully saturated rings. The van der Waals surface area contributed by atoms with Crippen LogP contribution in [0.5, 0.6) is 5.75 Å². The zero-order valence-corrected chi connectivity index (χ0v) is 13.2. The van der Waals surface area contributed by atoms with Crippen LogP contribution in [0.25, 0.3) is 11.5 Å². The van der Waals surface area contributed by atoms with Gasteiger partial charge in [-0.1, -0.05) is 19.9 Å². The summed E-state index contributed by atoms with van der Waals surface area (Å²) in [4.78, 5) is 14.1. The first-order valence-electron chi connectivity index (χ1n) is 7.46. The fourth-order valence-electron chi connectivity index (χ4n) is 2.17. The molecule has 1 aromatic heterocycles. The number of hydrogen-bond donors (Lipinski definition) is 0. The number of rotatable bonds is 7. The maximum Gasteiger partial charge on any atom is 0.311 e. The van der Waals surface area contributed by atoms with Crippen LogP contribution < -0.4 is 4.74 Å². The SMILES string of the molecule is CCCN(CCC)C(=O)c1nnc(-c2cccc(OC)c2)o1. The lowest BCUT2D eigenvalue weighted by Crippen LogP contribution is -2.32. The van der Waals surface area contributed by atoms with Gasteiger partial charge in [-0.3, -0.25) is 4.79 Å². The summed E-state index contributed by atoms with van der Waals surface area (Å²) in [6.45, 7) is 5.43. The Labute approximate surface area is 130 Å². The molecule has 0 saturated carbocycles. The maximum absolute atomic E-state index is 12.4. The molecule has 22 heavy (non-hydrogen) atoms. The van der Waals surface area contributed by atoms with Crippen LogP contribution in [0.3, 0.4) is 0 Å². The molecule has 0 aliphatic carbocycles. The van der Waals surface area contributed by atoms with E-state index in [1.54, 1.807) is 18.1 Å². The topological polar surface area (TPSA) is 68.5 Å². The highest BCUT2D eigenvalue weighted by Crippen LogP contribution is 2.22. The highest BCUT2D eigenvalue weighted by Gasteiger charge is 2.21. The second kappa shape index (κ2) is 7.59. The normalized spacial score (nSPS) is 10.5. The van der Waals surface area contributed by atoms with Gasteiger partial charge in [-0.2, -0.15) is 0 Å². The molecule has 2 aromatic rings. The second-order valence-electron chi connectivity index (χ2n) is 4.94. The van der Waals surface area contributed by atoms with E-state index in [0.717, 1.165) is 18.4 Å². The predicted molar refractivity (Wildman–Crippen MR) is 82.8 cm³/mol. The van der Waals surface area contributed by atoms with Crippen LogP contribution in [0, 0.1) is 0 Å². The van der Waals surface area contributed by atoms with E-state index in [4.69, 9.17) is 9.15 Å². The largest absolute Gasteiger partial charge is 0.497 e.